The van der Waals surface area contributed by atoms with Gasteiger partial charge in [-0.15, -0.1) is 0 Å². The van der Waals surface area contributed by atoms with Crippen LogP contribution in [0.4, 0.5) is 0 Å². The highest BCUT2D eigenvalue weighted by atomic mass is 15.2. The summed E-state index contributed by atoms with van der Waals surface area (Å²) in [4.78, 5) is 16.7. The van der Waals surface area contributed by atoms with E-state index in [9.17, 15) is 0 Å². The molecular formula is C53H34N6. The molecular weight excluding hydrogens is 721 g/mol. The Bertz CT molecular complexity index is 3460. The monoisotopic (exact) mass is 754 g/mol. The fourth-order valence-corrected chi connectivity index (χ4v) is 8.94. The number of nitrogens with zero attached hydrogens (tertiary/aromatic N) is 6. The molecule has 0 N–H and O–H groups in total. The fourth-order valence-electron chi connectivity index (χ4n) is 8.94. The van der Waals surface area contributed by atoms with Crippen molar-refractivity contribution in [3.63, 3.8) is 0 Å². The van der Waals surface area contributed by atoms with Gasteiger partial charge in [-0.25, -0.2) is 15.0 Å². The zero-order chi connectivity index (χ0) is 38.9. The largest absolute Gasteiger partial charge is 0.308 e. The number of imidazole rings is 1. The summed E-state index contributed by atoms with van der Waals surface area (Å²) >= 11 is 0. The smallest absolute Gasteiger partial charge is 0.235 e. The molecule has 4 aromatic heterocycles. The van der Waals surface area contributed by atoms with Crippen molar-refractivity contribution in [1.82, 2.24) is 28.7 Å². The molecule has 0 saturated heterocycles. The van der Waals surface area contributed by atoms with Crippen molar-refractivity contribution in [2.75, 3.05) is 0 Å². The Hall–Kier alpha value is -8.09. The summed E-state index contributed by atoms with van der Waals surface area (Å²) in [5.74, 6) is 1.44. The first kappa shape index (κ1) is 33.1. The van der Waals surface area contributed by atoms with Crippen LogP contribution < -0.4 is 0 Å². The predicted molar refractivity (Wildman–Crippen MR) is 242 cm³/mol. The highest BCUT2D eigenvalue weighted by molar-refractivity contribution is 6.36. The third kappa shape index (κ3) is 5.10. The lowest BCUT2D eigenvalue weighted by Gasteiger charge is -2.15. The normalized spacial score (nSPS) is 11.7. The van der Waals surface area contributed by atoms with Gasteiger partial charge in [0.15, 0.2) is 0 Å². The van der Waals surface area contributed by atoms with Crippen LogP contribution in [0.1, 0.15) is 0 Å². The molecule has 0 aliphatic heterocycles. The van der Waals surface area contributed by atoms with Crippen molar-refractivity contribution in [2.24, 2.45) is 0 Å². The van der Waals surface area contributed by atoms with Crippen molar-refractivity contribution in [2.45, 2.75) is 0 Å². The van der Waals surface area contributed by atoms with Gasteiger partial charge in [0.2, 0.25) is 5.95 Å². The average Bonchev–Trinajstić information content (AvgIpc) is 3.99. The van der Waals surface area contributed by atoms with Gasteiger partial charge in [-0.05, 0) is 42.5 Å². The van der Waals surface area contributed by atoms with E-state index in [0.717, 1.165) is 99.9 Å². The Morgan fingerprint density at radius 3 is 1.32 bits per heavy atom. The van der Waals surface area contributed by atoms with Crippen LogP contribution in [0.2, 0.25) is 0 Å². The van der Waals surface area contributed by atoms with E-state index in [1.807, 2.05) is 12.1 Å². The predicted octanol–water partition coefficient (Wildman–Crippen LogP) is 13.0. The lowest BCUT2D eigenvalue weighted by Crippen LogP contribution is -2.06. The average molecular weight is 755 g/mol. The third-order valence-corrected chi connectivity index (χ3v) is 11.4. The van der Waals surface area contributed by atoms with Crippen LogP contribution in [-0.4, -0.2) is 28.7 Å². The Kier molecular flexibility index (Phi) is 7.43. The molecule has 6 heteroatoms. The van der Waals surface area contributed by atoms with E-state index < -0.39 is 0 Å². The van der Waals surface area contributed by atoms with Gasteiger partial charge >= 0.3 is 0 Å². The number of hydrogen-bond acceptors (Lipinski definition) is 3. The van der Waals surface area contributed by atoms with Crippen molar-refractivity contribution in [3.05, 3.63) is 206 Å². The first-order valence-corrected chi connectivity index (χ1v) is 19.9. The SMILES string of the molecule is c1ccc(-c2cc(-c3ccccc3)nc(-n3c4ccccc4c4c5c(c6ccccc6n5-c5ccccc5)c5nc(-c6ccccc6)n(-c6ccccc6)c5c43)n2)cc1. The Morgan fingerprint density at radius 1 is 0.322 bits per heavy atom. The van der Waals surface area contributed by atoms with Gasteiger partial charge in [-0.3, -0.25) is 9.13 Å². The summed E-state index contributed by atoms with van der Waals surface area (Å²) < 4.78 is 7.05. The number of aromatic nitrogens is 6. The summed E-state index contributed by atoms with van der Waals surface area (Å²) in [5.41, 5.74) is 12.9. The van der Waals surface area contributed by atoms with Crippen LogP contribution in [0.25, 0.3) is 106 Å². The topological polar surface area (TPSA) is 53.5 Å². The maximum atomic E-state index is 5.73. The summed E-state index contributed by atoms with van der Waals surface area (Å²) in [6, 6.07) is 72.1. The fraction of sp³-hybridized carbons (Fsp3) is 0. The molecule has 0 spiro atoms. The number of benzene rings is 8. The molecule has 0 radical (unpaired) electrons. The second kappa shape index (κ2) is 13.3. The molecule has 6 nitrogen and oxygen atoms in total. The molecule has 12 rings (SSSR count). The molecule has 276 valence electrons. The Labute approximate surface area is 339 Å². The minimum absolute atomic E-state index is 0.585. The molecule has 4 heterocycles. The van der Waals surface area contributed by atoms with Crippen LogP contribution in [0, 0.1) is 0 Å². The van der Waals surface area contributed by atoms with E-state index in [4.69, 9.17) is 15.0 Å². The molecule has 0 atom stereocenters. The van der Waals surface area contributed by atoms with Crippen LogP contribution >= 0.6 is 0 Å². The first-order valence-electron chi connectivity index (χ1n) is 19.9. The first-order chi connectivity index (χ1) is 29.3. The molecule has 0 amide bonds. The van der Waals surface area contributed by atoms with Crippen LogP contribution in [0.3, 0.4) is 0 Å². The van der Waals surface area contributed by atoms with Crippen molar-refractivity contribution in [3.8, 4) is 51.2 Å². The van der Waals surface area contributed by atoms with E-state index in [2.05, 4.69) is 208 Å². The molecule has 0 fully saturated rings. The second-order valence-electron chi connectivity index (χ2n) is 14.8. The zero-order valence-corrected chi connectivity index (χ0v) is 31.8. The van der Waals surface area contributed by atoms with Crippen LogP contribution in [0.15, 0.2) is 206 Å². The van der Waals surface area contributed by atoms with Gasteiger partial charge in [0.25, 0.3) is 0 Å². The summed E-state index contributed by atoms with van der Waals surface area (Å²) in [6.45, 7) is 0. The third-order valence-electron chi connectivity index (χ3n) is 11.4. The van der Waals surface area contributed by atoms with Gasteiger partial charge in [-0.1, -0.05) is 164 Å². The van der Waals surface area contributed by atoms with Crippen LogP contribution in [-0.2, 0) is 0 Å². The summed E-state index contributed by atoms with van der Waals surface area (Å²) in [6.07, 6.45) is 0. The van der Waals surface area contributed by atoms with Gasteiger partial charge < -0.3 is 4.57 Å². The molecule has 0 aliphatic rings. The van der Waals surface area contributed by atoms with Gasteiger partial charge in [-0.2, -0.15) is 0 Å². The maximum Gasteiger partial charge on any atom is 0.235 e. The second-order valence-corrected chi connectivity index (χ2v) is 14.8. The lowest BCUT2D eigenvalue weighted by atomic mass is 10.1. The van der Waals surface area contributed by atoms with E-state index in [0.29, 0.717) is 5.95 Å². The molecule has 0 saturated carbocycles. The molecule has 0 aliphatic carbocycles. The summed E-state index contributed by atoms with van der Waals surface area (Å²) in [7, 11) is 0. The zero-order valence-electron chi connectivity index (χ0n) is 31.8. The quantitative estimate of drug-likeness (QED) is 0.170. The summed E-state index contributed by atoms with van der Waals surface area (Å²) in [5, 5.41) is 4.45. The van der Waals surface area contributed by atoms with Crippen molar-refractivity contribution >= 4 is 54.6 Å². The van der Waals surface area contributed by atoms with Gasteiger partial charge in [0, 0.05) is 49.6 Å². The van der Waals surface area contributed by atoms with E-state index in [-0.39, 0.29) is 0 Å². The minimum atomic E-state index is 0.585. The van der Waals surface area contributed by atoms with E-state index in [1.165, 1.54) is 0 Å². The molecule has 59 heavy (non-hydrogen) atoms. The molecule has 0 unspecified atom stereocenters. The standard InChI is InChI=1S/C53H34N6/c1-6-20-35(21-7-1)42-34-43(36-22-8-2-9-23-36)55-53(54-42)59-45-33-19-17-31-41(45)47-49-46(40-30-16-18-32-44(40)57(49)38-26-12-4-13-27-38)48-51(50(47)59)58(39-28-14-5-15-29-39)52(56-48)37-24-10-3-11-25-37/h1-34H. The molecule has 0 bridgehead atoms. The maximum absolute atomic E-state index is 5.73. The highest BCUT2D eigenvalue weighted by Crippen LogP contribution is 2.48. The van der Waals surface area contributed by atoms with E-state index >= 15 is 0 Å². The van der Waals surface area contributed by atoms with Gasteiger partial charge in [0.1, 0.15) is 11.3 Å². The highest BCUT2D eigenvalue weighted by Gasteiger charge is 2.30. The van der Waals surface area contributed by atoms with Crippen LogP contribution in [0.5, 0.6) is 0 Å². The van der Waals surface area contributed by atoms with Crippen molar-refractivity contribution in [1.29, 1.82) is 0 Å². The number of fused-ring (bicyclic) bond motifs is 10. The number of hydrogen-bond donors (Lipinski definition) is 0. The number of rotatable bonds is 6. The number of para-hydroxylation sites is 4. The van der Waals surface area contributed by atoms with Gasteiger partial charge in [0.05, 0.1) is 39.0 Å². The molecule has 12 aromatic rings. The Morgan fingerprint density at radius 2 is 0.763 bits per heavy atom. The van der Waals surface area contributed by atoms with E-state index in [1.54, 1.807) is 0 Å². The minimum Gasteiger partial charge on any atom is -0.308 e. The Balaban J connectivity index is 1.37. The van der Waals surface area contributed by atoms with Crippen molar-refractivity contribution < 1.29 is 0 Å². The lowest BCUT2D eigenvalue weighted by molar-refractivity contribution is 0.994. The molecule has 8 aromatic carbocycles.